The van der Waals surface area contributed by atoms with E-state index in [0.717, 1.165) is 13.1 Å². The maximum absolute atomic E-state index is 12.4. The number of hydrogen-bond acceptors (Lipinski definition) is 6. The highest BCUT2D eigenvalue weighted by Gasteiger charge is 2.23. The summed E-state index contributed by atoms with van der Waals surface area (Å²) in [7, 11) is -0.808. The van der Waals surface area contributed by atoms with Crippen molar-refractivity contribution in [3.8, 4) is 11.5 Å². The molecule has 1 aromatic carbocycles. The minimum Gasteiger partial charge on any atom is -0.493 e. The predicted molar refractivity (Wildman–Crippen MR) is 93.4 cm³/mol. The van der Waals surface area contributed by atoms with Crippen LogP contribution in [0.25, 0.3) is 0 Å². The zero-order chi connectivity index (χ0) is 18.4. The highest BCUT2D eigenvalue weighted by molar-refractivity contribution is 7.89. The van der Waals surface area contributed by atoms with Gasteiger partial charge in [0.1, 0.15) is 0 Å². The second-order valence-electron chi connectivity index (χ2n) is 5.80. The lowest BCUT2D eigenvalue weighted by atomic mass is 10.2. The van der Waals surface area contributed by atoms with Crippen LogP contribution in [0.15, 0.2) is 23.1 Å². The van der Waals surface area contributed by atoms with Gasteiger partial charge in [0.15, 0.2) is 11.5 Å². The molecule has 0 unspecified atom stereocenters. The molecule has 8 nitrogen and oxygen atoms in total. The standard InChI is InChI=1S/C16H25N3O5S/c1-12-11-17-8-9-19(12)16(20)6-7-18-25(21,22)13-4-5-14(23-2)15(10-13)24-3/h4-5,10,12,17-18H,6-9,11H2,1-3H3/t12-/m1/s1. The van der Waals surface area contributed by atoms with Crippen LogP contribution in [0.3, 0.4) is 0 Å². The Bertz CT molecular complexity index is 708. The van der Waals surface area contributed by atoms with Crippen LogP contribution in [0, 0.1) is 0 Å². The maximum atomic E-state index is 12.4. The minimum atomic E-state index is -3.73. The lowest BCUT2D eigenvalue weighted by Crippen LogP contribution is -2.52. The molecule has 0 spiro atoms. The summed E-state index contributed by atoms with van der Waals surface area (Å²) >= 11 is 0. The Balaban J connectivity index is 1.96. The van der Waals surface area contributed by atoms with Crippen LogP contribution in [0.1, 0.15) is 13.3 Å². The van der Waals surface area contributed by atoms with Gasteiger partial charge < -0.3 is 19.7 Å². The smallest absolute Gasteiger partial charge is 0.240 e. The summed E-state index contributed by atoms with van der Waals surface area (Å²) in [6.45, 7) is 4.17. The van der Waals surface area contributed by atoms with Gasteiger partial charge in [0, 0.05) is 44.7 Å². The van der Waals surface area contributed by atoms with Crippen LogP contribution < -0.4 is 19.5 Å². The number of nitrogens with zero attached hydrogens (tertiary/aromatic N) is 1. The van der Waals surface area contributed by atoms with Gasteiger partial charge in [0.25, 0.3) is 0 Å². The fourth-order valence-corrected chi connectivity index (χ4v) is 3.76. The first-order valence-electron chi connectivity index (χ1n) is 8.11. The summed E-state index contributed by atoms with van der Waals surface area (Å²) in [4.78, 5) is 14.1. The van der Waals surface area contributed by atoms with Gasteiger partial charge in [-0.2, -0.15) is 0 Å². The van der Waals surface area contributed by atoms with Gasteiger partial charge in [0.05, 0.1) is 19.1 Å². The molecule has 2 rings (SSSR count). The van der Waals surface area contributed by atoms with Crippen molar-refractivity contribution in [3.63, 3.8) is 0 Å². The fraction of sp³-hybridized carbons (Fsp3) is 0.562. The number of piperazine rings is 1. The van der Waals surface area contributed by atoms with Crippen molar-refractivity contribution in [2.45, 2.75) is 24.3 Å². The number of amides is 1. The number of benzene rings is 1. The third-order valence-electron chi connectivity index (χ3n) is 4.12. The van der Waals surface area contributed by atoms with Gasteiger partial charge in [-0.25, -0.2) is 13.1 Å². The highest BCUT2D eigenvalue weighted by Crippen LogP contribution is 2.29. The first-order chi connectivity index (χ1) is 11.9. The molecule has 1 aliphatic heterocycles. The van der Waals surface area contributed by atoms with Gasteiger partial charge in [-0.15, -0.1) is 0 Å². The molecule has 9 heteroatoms. The Morgan fingerprint density at radius 3 is 2.68 bits per heavy atom. The van der Waals surface area contributed by atoms with Gasteiger partial charge >= 0.3 is 0 Å². The molecule has 1 aliphatic rings. The molecule has 2 N–H and O–H groups in total. The van der Waals surface area contributed by atoms with E-state index in [4.69, 9.17) is 9.47 Å². The molecule has 1 saturated heterocycles. The number of carbonyl (C=O) groups is 1. The third-order valence-corrected chi connectivity index (χ3v) is 5.58. The van der Waals surface area contributed by atoms with Crippen LogP contribution in [-0.2, 0) is 14.8 Å². The van der Waals surface area contributed by atoms with Crippen molar-refractivity contribution in [1.29, 1.82) is 0 Å². The molecule has 1 fully saturated rings. The van der Waals surface area contributed by atoms with E-state index in [1.165, 1.54) is 32.4 Å². The van der Waals surface area contributed by atoms with Crippen LogP contribution in [-0.4, -0.2) is 65.7 Å². The fourth-order valence-electron chi connectivity index (χ4n) is 2.71. The quantitative estimate of drug-likeness (QED) is 0.710. The van der Waals surface area contributed by atoms with E-state index in [2.05, 4.69) is 10.0 Å². The normalized spacial score (nSPS) is 18.0. The zero-order valence-corrected chi connectivity index (χ0v) is 15.6. The second-order valence-corrected chi connectivity index (χ2v) is 7.57. The van der Waals surface area contributed by atoms with Crippen molar-refractivity contribution in [2.75, 3.05) is 40.4 Å². The van der Waals surface area contributed by atoms with Crippen LogP contribution in [0.2, 0.25) is 0 Å². The minimum absolute atomic E-state index is 0.0478. The van der Waals surface area contributed by atoms with E-state index in [1.807, 2.05) is 6.92 Å². The van der Waals surface area contributed by atoms with Gasteiger partial charge in [-0.05, 0) is 19.1 Å². The number of hydrogen-bond donors (Lipinski definition) is 2. The number of rotatable bonds is 7. The van der Waals surface area contributed by atoms with E-state index < -0.39 is 10.0 Å². The van der Waals surface area contributed by atoms with Crippen molar-refractivity contribution in [2.24, 2.45) is 0 Å². The summed E-state index contributed by atoms with van der Waals surface area (Å²) in [5.41, 5.74) is 0. The molecule has 0 aromatic heterocycles. The van der Waals surface area contributed by atoms with Crippen LogP contribution in [0.4, 0.5) is 0 Å². The zero-order valence-electron chi connectivity index (χ0n) is 14.7. The largest absolute Gasteiger partial charge is 0.493 e. The van der Waals surface area contributed by atoms with Crippen molar-refractivity contribution >= 4 is 15.9 Å². The second kappa shape index (κ2) is 8.50. The summed E-state index contributed by atoms with van der Waals surface area (Å²) in [6.07, 6.45) is 0.122. The lowest BCUT2D eigenvalue weighted by molar-refractivity contribution is -0.133. The molecule has 1 atom stereocenters. The van der Waals surface area contributed by atoms with E-state index >= 15 is 0 Å². The van der Waals surface area contributed by atoms with Crippen molar-refractivity contribution in [3.05, 3.63) is 18.2 Å². The predicted octanol–water partition coefficient (Wildman–Crippen LogP) is 0.193. The molecule has 1 amide bonds. The first-order valence-corrected chi connectivity index (χ1v) is 9.59. The summed E-state index contributed by atoms with van der Waals surface area (Å²) in [6, 6.07) is 4.47. The summed E-state index contributed by atoms with van der Waals surface area (Å²) in [5.74, 6) is 0.726. The highest BCUT2D eigenvalue weighted by atomic mass is 32.2. The first kappa shape index (κ1) is 19.5. The number of methoxy groups -OCH3 is 2. The average molecular weight is 371 g/mol. The Morgan fingerprint density at radius 2 is 2.04 bits per heavy atom. The molecule has 0 radical (unpaired) electrons. The Kier molecular flexibility index (Phi) is 6.63. The number of nitrogens with one attached hydrogen (secondary N) is 2. The van der Waals surface area contributed by atoms with Crippen LogP contribution >= 0.6 is 0 Å². The van der Waals surface area contributed by atoms with Crippen LogP contribution in [0.5, 0.6) is 11.5 Å². The Morgan fingerprint density at radius 1 is 1.32 bits per heavy atom. The molecular formula is C16H25N3O5S. The number of sulfonamides is 1. The summed E-state index contributed by atoms with van der Waals surface area (Å²) < 4.78 is 37.4. The summed E-state index contributed by atoms with van der Waals surface area (Å²) in [5, 5.41) is 3.21. The lowest BCUT2D eigenvalue weighted by Gasteiger charge is -2.34. The SMILES string of the molecule is COc1ccc(S(=O)(=O)NCCC(=O)N2CCNC[C@H]2C)cc1OC. The van der Waals surface area contributed by atoms with Gasteiger partial charge in [-0.3, -0.25) is 4.79 Å². The molecule has 0 bridgehead atoms. The molecule has 25 heavy (non-hydrogen) atoms. The molecule has 0 aliphatic carbocycles. The molecule has 1 heterocycles. The number of ether oxygens (including phenoxy) is 2. The average Bonchev–Trinajstić information content (AvgIpc) is 2.61. The van der Waals surface area contributed by atoms with E-state index in [0.29, 0.717) is 18.0 Å². The van der Waals surface area contributed by atoms with E-state index in [1.54, 1.807) is 4.90 Å². The molecular weight excluding hydrogens is 346 g/mol. The van der Waals surface area contributed by atoms with Gasteiger partial charge in [0.2, 0.25) is 15.9 Å². The monoisotopic (exact) mass is 371 g/mol. The third kappa shape index (κ3) is 4.83. The maximum Gasteiger partial charge on any atom is 0.240 e. The topological polar surface area (TPSA) is 97.0 Å². The van der Waals surface area contributed by atoms with Gasteiger partial charge in [-0.1, -0.05) is 0 Å². The molecule has 140 valence electrons. The number of carbonyl (C=O) groups excluding carboxylic acids is 1. The molecule has 1 aromatic rings. The Hall–Kier alpha value is -1.84. The van der Waals surface area contributed by atoms with Crippen molar-refractivity contribution < 1.29 is 22.7 Å². The molecule has 0 saturated carbocycles. The van der Waals surface area contributed by atoms with E-state index in [9.17, 15) is 13.2 Å². The Labute approximate surface area is 148 Å². The van der Waals surface area contributed by atoms with Crippen molar-refractivity contribution in [1.82, 2.24) is 14.9 Å². The van der Waals surface area contributed by atoms with E-state index in [-0.39, 0.29) is 29.8 Å².